The summed E-state index contributed by atoms with van der Waals surface area (Å²) in [7, 11) is 3.23. The molecule has 0 saturated carbocycles. The number of benzene rings is 1. The van der Waals surface area contributed by atoms with Gasteiger partial charge in [0.05, 0.1) is 19.3 Å². The monoisotopic (exact) mass is 211 g/mol. The highest BCUT2D eigenvalue weighted by Crippen LogP contribution is 2.27. The van der Waals surface area contributed by atoms with E-state index in [0.29, 0.717) is 11.4 Å². The summed E-state index contributed by atoms with van der Waals surface area (Å²) in [5.41, 5.74) is 0.577. The van der Waals surface area contributed by atoms with E-state index in [1.54, 1.807) is 18.0 Å². The van der Waals surface area contributed by atoms with Gasteiger partial charge < -0.3 is 9.64 Å². The molecule has 0 N–H and O–H groups in total. The molecule has 1 aromatic rings. The summed E-state index contributed by atoms with van der Waals surface area (Å²) in [5, 5.41) is 0. The third-order valence-electron chi connectivity index (χ3n) is 2.01. The van der Waals surface area contributed by atoms with E-state index in [1.165, 1.54) is 26.2 Å². The molecule has 0 heterocycles. The van der Waals surface area contributed by atoms with Crippen LogP contribution < -0.4 is 9.64 Å². The van der Waals surface area contributed by atoms with E-state index >= 15 is 0 Å². The Morgan fingerprint density at radius 1 is 1.53 bits per heavy atom. The molecule has 0 amide bonds. The van der Waals surface area contributed by atoms with Crippen molar-refractivity contribution in [2.24, 2.45) is 0 Å². The summed E-state index contributed by atoms with van der Waals surface area (Å²) in [6, 6.07) is 4.22. The average molecular weight is 211 g/mol. The van der Waals surface area contributed by atoms with Gasteiger partial charge in [0, 0.05) is 13.1 Å². The van der Waals surface area contributed by atoms with Crippen LogP contribution in [0.25, 0.3) is 0 Å². The second kappa shape index (κ2) is 4.77. The second-order valence-corrected chi connectivity index (χ2v) is 3.37. The second-order valence-electron chi connectivity index (χ2n) is 3.37. The third-order valence-corrected chi connectivity index (χ3v) is 2.01. The van der Waals surface area contributed by atoms with Crippen molar-refractivity contribution < 1.29 is 13.9 Å². The van der Waals surface area contributed by atoms with Crippen molar-refractivity contribution in [1.82, 2.24) is 0 Å². The Labute approximate surface area is 88.5 Å². The van der Waals surface area contributed by atoms with Gasteiger partial charge in [-0.05, 0) is 19.1 Å². The Hall–Kier alpha value is -1.58. The predicted octanol–water partition coefficient (Wildman–Crippen LogP) is 1.86. The van der Waals surface area contributed by atoms with Gasteiger partial charge in [-0.25, -0.2) is 4.39 Å². The first-order chi connectivity index (χ1) is 7.04. The lowest BCUT2D eigenvalue weighted by molar-refractivity contribution is -0.115. The van der Waals surface area contributed by atoms with E-state index in [4.69, 9.17) is 4.74 Å². The number of anilines is 1. The third kappa shape index (κ3) is 2.94. The van der Waals surface area contributed by atoms with Crippen molar-refractivity contribution in [1.29, 1.82) is 0 Å². The molecule has 0 fully saturated rings. The molecule has 4 heteroatoms. The summed E-state index contributed by atoms with van der Waals surface area (Å²) < 4.78 is 18.1. The number of likely N-dealkylation sites (N-methyl/N-ethyl adjacent to an activating group) is 1. The molecule has 0 atom stereocenters. The number of ketones is 1. The molecule has 1 rings (SSSR count). The summed E-state index contributed by atoms with van der Waals surface area (Å²) in [6.07, 6.45) is 0. The normalized spacial score (nSPS) is 9.87. The summed E-state index contributed by atoms with van der Waals surface area (Å²) in [6.45, 7) is 1.72. The van der Waals surface area contributed by atoms with Crippen LogP contribution in [0.1, 0.15) is 6.92 Å². The maximum Gasteiger partial charge on any atom is 0.149 e. The molecule has 0 unspecified atom stereocenters. The van der Waals surface area contributed by atoms with Crippen molar-refractivity contribution >= 4 is 11.5 Å². The lowest BCUT2D eigenvalue weighted by Crippen LogP contribution is -2.24. The largest absolute Gasteiger partial charge is 0.495 e. The van der Waals surface area contributed by atoms with Crippen LogP contribution in [0.5, 0.6) is 5.75 Å². The number of ether oxygens (including phenoxy) is 1. The number of halogens is 1. The van der Waals surface area contributed by atoms with E-state index in [9.17, 15) is 9.18 Å². The van der Waals surface area contributed by atoms with Crippen LogP contribution in [0.15, 0.2) is 18.2 Å². The smallest absolute Gasteiger partial charge is 0.149 e. The van der Waals surface area contributed by atoms with Crippen LogP contribution in [0.4, 0.5) is 10.1 Å². The van der Waals surface area contributed by atoms with E-state index < -0.39 is 0 Å². The minimum atomic E-state index is -0.346. The quantitative estimate of drug-likeness (QED) is 0.761. The highest BCUT2D eigenvalue weighted by Gasteiger charge is 2.10. The first kappa shape index (κ1) is 11.5. The molecule has 0 bridgehead atoms. The fraction of sp³-hybridized carbons (Fsp3) is 0.364. The first-order valence-electron chi connectivity index (χ1n) is 4.58. The Morgan fingerprint density at radius 2 is 2.20 bits per heavy atom. The minimum Gasteiger partial charge on any atom is -0.495 e. The molecule has 15 heavy (non-hydrogen) atoms. The van der Waals surface area contributed by atoms with Crippen molar-refractivity contribution in [3.63, 3.8) is 0 Å². The van der Waals surface area contributed by atoms with Crippen LogP contribution in [-0.4, -0.2) is 26.5 Å². The number of Topliss-reactive ketones (excluding diaryl/α,β-unsaturated/α-hetero) is 1. The fourth-order valence-corrected chi connectivity index (χ4v) is 1.38. The van der Waals surface area contributed by atoms with Crippen LogP contribution >= 0.6 is 0 Å². The fourth-order valence-electron chi connectivity index (χ4n) is 1.38. The van der Waals surface area contributed by atoms with Gasteiger partial charge in [-0.2, -0.15) is 0 Å². The number of methoxy groups -OCH3 is 1. The molecule has 3 nitrogen and oxygen atoms in total. The van der Waals surface area contributed by atoms with Crippen molar-refractivity contribution in [3.05, 3.63) is 24.0 Å². The Kier molecular flexibility index (Phi) is 3.66. The van der Waals surface area contributed by atoms with E-state index in [2.05, 4.69) is 0 Å². The molecule has 0 aliphatic carbocycles. The summed E-state index contributed by atoms with van der Waals surface area (Å²) in [5.74, 6) is 0.227. The highest BCUT2D eigenvalue weighted by molar-refractivity contribution is 5.81. The van der Waals surface area contributed by atoms with Crippen molar-refractivity contribution in [2.75, 3.05) is 25.6 Å². The lowest BCUT2D eigenvalue weighted by atomic mass is 10.2. The zero-order valence-electron chi connectivity index (χ0n) is 9.08. The van der Waals surface area contributed by atoms with Crippen LogP contribution in [0.2, 0.25) is 0 Å². The van der Waals surface area contributed by atoms with Gasteiger partial charge in [0.25, 0.3) is 0 Å². The molecule has 0 saturated heterocycles. The molecule has 0 radical (unpaired) electrons. The van der Waals surface area contributed by atoms with E-state index in [1.807, 2.05) is 0 Å². The predicted molar refractivity (Wildman–Crippen MR) is 56.9 cm³/mol. The van der Waals surface area contributed by atoms with Gasteiger partial charge in [-0.1, -0.05) is 0 Å². The molecule has 1 aromatic carbocycles. The zero-order chi connectivity index (χ0) is 11.4. The molecule has 0 spiro atoms. The molecular weight excluding hydrogens is 197 g/mol. The SMILES string of the molecule is COc1ccc(F)cc1N(C)CC(C)=O. The van der Waals surface area contributed by atoms with Crippen LogP contribution in [0.3, 0.4) is 0 Å². The van der Waals surface area contributed by atoms with Gasteiger partial charge in [-0.3, -0.25) is 4.79 Å². The Balaban J connectivity index is 2.99. The van der Waals surface area contributed by atoms with Gasteiger partial charge >= 0.3 is 0 Å². The summed E-state index contributed by atoms with van der Waals surface area (Å²) in [4.78, 5) is 12.6. The average Bonchev–Trinajstić information content (AvgIpc) is 2.16. The number of hydrogen-bond acceptors (Lipinski definition) is 3. The topological polar surface area (TPSA) is 29.5 Å². The number of rotatable bonds is 4. The number of nitrogens with zero attached hydrogens (tertiary/aromatic N) is 1. The first-order valence-corrected chi connectivity index (χ1v) is 4.58. The van der Waals surface area contributed by atoms with Gasteiger partial charge in [0.2, 0.25) is 0 Å². The van der Waals surface area contributed by atoms with E-state index in [0.717, 1.165) is 0 Å². The highest BCUT2D eigenvalue weighted by atomic mass is 19.1. The van der Waals surface area contributed by atoms with Crippen LogP contribution in [-0.2, 0) is 4.79 Å². The number of carbonyl (C=O) groups is 1. The van der Waals surface area contributed by atoms with E-state index in [-0.39, 0.29) is 18.1 Å². The maximum absolute atomic E-state index is 13.0. The van der Waals surface area contributed by atoms with Gasteiger partial charge in [-0.15, -0.1) is 0 Å². The summed E-state index contributed by atoms with van der Waals surface area (Å²) >= 11 is 0. The molecule has 0 aliphatic heterocycles. The van der Waals surface area contributed by atoms with Gasteiger partial charge in [0.15, 0.2) is 0 Å². The number of hydrogen-bond donors (Lipinski definition) is 0. The van der Waals surface area contributed by atoms with Gasteiger partial charge in [0.1, 0.15) is 17.3 Å². The molecule has 0 aliphatic rings. The Morgan fingerprint density at radius 3 is 2.73 bits per heavy atom. The minimum absolute atomic E-state index is 0.0174. The number of carbonyl (C=O) groups excluding carboxylic acids is 1. The van der Waals surface area contributed by atoms with Crippen molar-refractivity contribution in [2.45, 2.75) is 6.92 Å². The molecule has 0 aromatic heterocycles. The zero-order valence-corrected chi connectivity index (χ0v) is 9.08. The molecule has 82 valence electrons. The molecular formula is C11H14FNO2. The lowest BCUT2D eigenvalue weighted by Gasteiger charge is -2.20. The Bertz CT molecular complexity index is 366. The van der Waals surface area contributed by atoms with Crippen LogP contribution in [0, 0.1) is 5.82 Å². The van der Waals surface area contributed by atoms with Crippen molar-refractivity contribution in [3.8, 4) is 5.75 Å². The standard InChI is InChI=1S/C11H14FNO2/c1-8(14)7-13(2)10-6-9(12)4-5-11(10)15-3/h4-6H,7H2,1-3H3. The maximum atomic E-state index is 13.0.